The Bertz CT molecular complexity index is 1130. The largest absolute Gasteiger partial charge is 0.466 e. The molecule has 37 heavy (non-hydrogen) atoms. The van der Waals surface area contributed by atoms with E-state index in [1.54, 1.807) is 19.9 Å². The van der Waals surface area contributed by atoms with Crippen LogP contribution in [0.5, 0.6) is 0 Å². The Morgan fingerprint density at radius 1 is 1.11 bits per heavy atom. The first-order valence-corrected chi connectivity index (χ1v) is 12.3. The maximum absolute atomic E-state index is 15.1. The highest BCUT2D eigenvalue weighted by Gasteiger charge is 2.27. The molecule has 0 bridgehead atoms. The van der Waals surface area contributed by atoms with Crippen molar-refractivity contribution in [1.82, 2.24) is 5.32 Å². The molecule has 2 N–H and O–H groups in total. The normalized spacial score (nSPS) is 12.5. The van der Waals surface area contributed by atoms with Gasteiger partial charge in [0.2, 0.25) is 5.91 Å². The molecule has 0 aliphatic carbocycles. The lowest BCUT2D eigenvalue weighted by Crippen LogP contribution is -2.38. The van der Waals surface area contributed by atoms with Gasteiger partial charge in [0, 0.05) is 12.0 Å². The molecule has 2 rings (SSSR count). The van der Waals surface area contributed by atoms with E-state index in [-0.39, 0.29) is 24.2 Å². The molecule has 0 unspecified atom stereocenters. The molecule has 0 saturated carbocycles. The second kappa shape index (κ2) is 14.4. The summed E-state index contributed by atoms with van der Waals surface area (Å²) < 4.78 is 49.3. The number of unbranched alkanes of at least 4 members (excludes halogenated alkanes) is 2. The first-order chi connectivity index (χ1) is 17.6. The number of carbonyl (C=O) groups is 2. The van der Waals surface area contributed by atoms with Crippen LogP contribution in [0.1, 0.15) is 61.8 Å². The van der Waals surface area contributed by atoms with Gasteiger partial charge in [-0.05, 0) is 86.1 Å². The van der Waals surface area contributed by atoms with Gasteiger partial charge >= 0.3 is 5.97 Å². The van der Waals surface area contributed by atoms with Crippen LogP contribution >= 0.6 is 0 Å². The third-order valence-corrected chi connectivity index (χ3v) is 5.89. The third-order valence-electron chi connectivity index (χ3n) is 5.89. The zero-order valence-electron chi connectivity index (χ0n) is 21.3. The first-order valence-electron chi connectivity index (χ1n) is 12.3. The summed E-state index contributed by atoms with van der Waals surface area (Å²) in [6, 6.07) is 3.73. The number of rotatable bonds is 14. The molecule has 0 aromatic heterocycles. The fourth-order valence-corrected chi connectivity index (χ4v) is 4.19. The van der Waals surface area contributed by atoms with E-state index in [2.05, 4.69) is 18.5 Å². The Balaban J connectivity index is 2.59. The van der Waals surface area contributed by atoms with Gasteiger partial charge in [0.1, 0.15) is 11.9 Å². The number of benzene rings is 2. The van der Waals surface area contributed by atoms with Crippen molar-refractivity contribution in [1.29, 1.82) is 0 Å². The topological polar surface area (TPSA) is 75.6 Å². The molecule has 0 heterocycles. The number of hydrogen-bond acceptors (Lipinski definition) is 4. The quantitative estimate of drug-likeness (QED) is 0.182. The van der Waals surface area contributed by atoms with Crippen molar-refractivity contribution < 1.29 is 32.6 Å². The molecule has 1 amide bonds. The molecule has 0 saturated heterocycles. The van der Waals surface area contributed by atoms with E-state index in [1.807, 2.05) is 0 Å². The van der Waals surface area contributed by atoms with Gasteiger partial charge in [-0.15, -0.1) is 13.2 Å². The number of aryl methyl sites for hydroxylation is 2. The average molecular weight is 518 g/mol. The summed E-state index contributed by atoms with van der Waals surface area (Å²) in [7, 11) is 0. The van der Waals surface area contributed by atoms with Gasteiger partial charge in [-0.1, -0.05) is 12.2 Å². The van der Waals surface area contributed by atoms with Crippen LogP contribution in [0.4, 0.5) is 13.2 Å². The lowest BCUT2D eigenvalue weighted by molar-refractivity contribution is -0.144. The van der Waals surface area contributed by atoms with Crippen LogP contribution < -0.4 is 5.32 Å². The Morgan fingerprint density at radius 3 is 2.49 bits per heavy atom. The number of nitrogens with one attached hydrogen (secondary N) is 1. The summed E-state index contributed by atoms with van der Waals surface area (Å²) in [5, 5.41) is 12.4. The molecule has 0 fully saturated rings. The van der Waals surface area contributed by atoms with E-state index in [0.29, 0.717) is 23.1 Å². The summed E-state index contributed by atoms with van der Waals surface area (Å²) in [5.41, 5.74) is 1.70. The molecule has 0 aliphatic heterocycles. The molecule has 0 aliphatic rings. The van der Waals surface area contributed by atoms with E-state index in [1.165, 1.54) is 24.3 Å². The Hall–Kier alpha value is -3.39. The second-order valence-electron chi connectivity index (χ2n) is 8.76. The SMILES string of the molecule is C=CCCCCc1cc(F)cc(C)c1-c1cc(F)c(F)c([C@H](CC(=O)OCC)NC(=O)[C@H](O)CC=C)c1. The van der Waals surface area contributed by atoms with Crippen LogP contribution in [-0.2, 0) is 20.7 Å². The van der Waals surface area contributed by atoms with Crippen LogP contribution in [0.3, 0.4) is 0 Å². The number of hydrogen-bond donors (Lipinski definition) is 2. The molecule has 2 atom stereocenters. The Labute approximate surface area is 216 Å². The van der Waals surface area contributed by atoms with Gasteiger partial charge < -0.3 is 15.2 Å². The predicted molar refractivity (Wildman–Crippen MR) is 137 cm³/mol. The number of carbonyl (C=O) groups excluding carboxylic acids is 2. The smallest absolute Gasteiger partial charge is 0.308 e. The fraction of sp³-hybridized carbons (Fsp3) is 0.379. The number of amides is 1. The summed E-state index contributed by atoms with van der Waals surface area (Å²) in [6.07, 6.45) is 3.96. The number of allylic oxidation sites excluding steroid dienone is 1. The zero-order valence-corrected chi connectivity index (χ0v) is 21.3. The number of aliphatic hydroxyl groups excluding tert-OH is 1. The van der Waals surface area contributed by atoms with Gasteiger partial charge in [0.05, 0.1) is 19.1 Å². The van der Waals surface area contributed by atoms with Gasteiger partial charge in [-0.3, -0.25) is 9.59 Å². The summed E-state index contributed by atoms with van der Waals surface area (Å²) in [6.45, 7) is 10.5. The summed E-state index contributed by atoms with van der Waals surface area (Å²) in [5.74, 6) is -4.49. The molecular formula is C29H34F3NO4. The van der Waals surface area contributed by atoms with E-state index in [9.17, 15) is 23.5 Å². The van der Waals surface area contributed by atoms with Gasteiger partial charge in [0.15, 0.2) is 11.6 Å². The van der Waals surface area contributed by atoms with E-state index in [0.717, 1.165) is 25.3 Å². The minimum Gasteiger partial charge on any atom is -0.466 e. The maximum atomic E-state index is 15.1. The highest BCUT2D eigenvalue weighted by atomic mass is 19.2. The number of esters is 1. The predicted octanol–water partition coefficient (Wildman–Crippen LogP) is 6.03. The minimum absolute atomic E-state index is 0.0550. The summed E-state index contributed by atoms with van der Waals surface area (Å²) in [4.78, 5) is 24.8. The van der Waals surface area contributed by atoms with Crippen molar-refractivity contribution in [3.63, 3.8) is 0 Å². The second-order valence-corrected chi connectivity index (χ2v) is 8.76. The molecular weight excluding hydrogens is 483 g/mol. The van der Waals surface area contributed by atoms with Crippen molar-refractivity contribution >= 4 is 11.9 Å². The van der Waals surface area contributed by atoms with Crippen molar-refractivity contribution in [2.24, 2.45) is 0 Å². The summed E-state index contributed by atoms with van der Waals surface area (Å²) >= 11 is 0. The van der Waals surface area contributed by atoms with Crippen LogP contribution in [0, 0.1) is 24.4 Å². The van der Waals surface area contributed by atoms with Gasteiger partial charge in [-0.2, -0.15) is 0 Å². The van der Waals surface area contributed by atoms with Crippen molar-refractivity contribution in [3.05, 3.63) is 83.7 Å². The lowest BCUT2D eigenvalue weighted by Gasteiger charge is -2.22. The standard InChI is InChI=1S/C29H34F3NO4/c1-5-8-9-10-12-19-14-21(30)13-18(4)27(19)20-15-22(28(32)23(31)16-20)24(17-26(35)37-7-3)33-29(36)25(34)11-6-2/h5-6,13-16,24-25,34H,1-2,7-12,17H2,3-4H3,(H,33,36)/t24-,25+/m0/s1. The average Bonchev–Trinajstić information content (AvgIpc) is 2.83. The monoisotopic (exact) mass is 517 g/mol. The highest BCUT2D eigenvalue weighted by Crippen LogP contribution is 2.34. The van der Waals surface area contributed by atoms with Crippen LogP contribution in [0.25, 0.3) is 11.1 Å². The Kier molecular flexibility index (Phi) is 11.6. The Morgan fingerprint density at radius 2 is 1.84 bits per heavy atom. The molecule has 5 nitrogen and oxygen atoms in total. The van der Waals surface area contributed by atoms with Gasteiger partial charge in [0.25, 0.3) is 0 Å². The maximum Gasteiger partial charge on any atom is 0.308 e. The van der Waals surface area contributed by atoms with E-state index >= 15 is 4.39 Å². The molecule has 0 radical (unpaired) electrons. The van der Waals surface area contributed by atoms with Crippen LogP contribution in [-0.4, -0.2) is 29.7 Å². The number of halogens is 3. The fourth-order valence-electron chi connectivity index (χ4n) is 4.19. The molecule has 2 aromatic rings. The number of aliphatic hydroxyl groups is 1. The lowest BCUT2D eigenvalue weighted by atomic mass is 9.89. The highest BCUT2D eigenvalue weighted by molar-refractivity contribution is 5.82. The molecule has 0 spiro atoms. The van der Waals surface area contributed by atoms with Crippen molar-refractivity contribution in [3.8, 4) is 11.1 Å². The molecule has 2 aromatic carbocycles. The van der Waals surface area contributed by atoms with Crippen molar-refractivity contribution in [2.45, 2.75) is 64.5 Å². The zero-order chi connectivity index (χ0) is 27.5. The van der Waals surface area contributed by atoms with Gasteiger partial charge in [-0.25, -0.2) is 13.2 Å². The van der Waals surface area contributed by atoms with Crippen LogP contribution in [0.15, 0.2) is 49.6 Å². The van der Waals surface area contributed by atoms with E-state index < -0.39 is 47.9 Å². The molecule has 200 valence electrons. The van der Waals surface area contributed by atoms with E-state index in [4.69, 9.17) is 4.74 Å². The number of ether oxygens (including phenoxy) is 1. The first kappa shape index (κ1) is 29.8. The van der Waals surface area contributed by atoms with Crippen molar-refractivity contribution in [2.75, 3.05) is 6.61 Å². The van der Waals surface area contributed by atoms with Crippen LogP contribution in [0.2, 0.25) is 0 Å². The third kappa shape index (κ3) is 8.32. The minimum atomic E-state index is -1.49. The molecule has 8 heteroatoms.